The minimum absolute atomic E-state index is 0.0519. The molecule has 0 unspecified atom stereocenters. The summed E-state index contributed by atoms with van der Waals surface area (Å²) in [7, 11) is 0. The fourth-order valence-corrected chi connectivity index (χ4v) is 4.63. The van der Waals surface area contributed by atoms with Gasteiger partial charge in [-0.2, -0.15) is 0 Å². The number of carbonyl (C=O) groups is 1. The van der Waals surface area contributed by atoms with Gasteiger partial charge in [0.25, 0.3) is 0 Å². The first kappa shape index (κ1) is 14.4. The number of hydrogen-bond donors (Lipinski definition) is 0. The molecule has 0 spiro atoms. The van der Waals surface area contributed by atoms with E-state index in [1.165, 1.54) is 10.0 Å². The Morgan fingerprint density at radius 3 is 2.38 bits per heavy atom. The summed E-state index contributed by atoms with van der Waals surface area (Å²) >= 11 is 0.366. The van der Waals surface area contributed by atoms with Crippen molar-refractivity contribution in [3.63, 3.8) is 0 Å². The Bertz CT molecular complexity index is 583. The molecular weight excluding hydrogens is 327 g/mol. The molecule has 0 bridgehead atoms. The summed E-state index contributed by atoms with van der Waals surface area (Å²) in [6.07, 6.45) is 1.53. The molecule has 0 aliphatic carbocycles. The Kier molecular flexibility index (Phi) is 4.74. The summed E-state index contributed by atoms with van der Waals surface area (Å²) in [4.78, 5) is 11.9. The van der Waals surface area contributed by atoms with Crippen molar-refractivity contribution in [2.24, 2.45) is 0 Å². The molecule has 1 heterocycles. The average Bonchev–Trinajstić information content (AvgIpc) is 2.54. The first-order chi connectivity index (χ1) is 10.3. The van der Waals surface area contributed by atoms with Gasteiger partial charge in [-0.05, 0) is 0 Å². The number of esters is 1. The van der Waals surface area contributed by atoms with Gasteiger partial charge in [0.2, 0.25) is 0 Å². The third kappa shape index (κ3) is 3.96. The van der Waals surface area contributed by atoms with Crippen molar-refractivity contribution < 1.29 is 9.53 Å². The first-order valence-electron chi connectivity index (χ1n) is 7.23. The van der Waals surface area contributed by atoms with E-state index in [0.29, 0.717) is 27.3 Å². The number of benzene rings is 2. The van der Waals surface area contributed by atoms with Crippen LogP contribution in [-0.4, -0.2) is 27.0 Å². The van der Waals surface area contributed by atoms with Gasteiger partial charge in [0, 0.05) is 0 Å². The molecule has 2 atom stereocenters. The molecule has 0 saturated carbocycles. The van der Waals surface area contributed by atoms with E-state index in [1.807, 2.05) is 24.3 Å². The van der Waals surface area contributed by atoms with Crippen LogP contribution in [0.25, 0.3) is 0 Å². The maximum atomic E-state index is 11.9. The monoisotopic (exact) mass is 346 g/mol. The van der Waals surface area contributed by atoms with Gasteiger partial charge in [-0.25, -0.2) is 0 Å². The van der Waals surface area contributed by atoms with E-state index in [4.69, 9.17) is 4.74 Å². The van der Waals surface area contributed by atoms with Crippen molar-refractivity contribution in [3.8, 4) is 0 Å². The summed E-state index contributed by atoms with van der Waals surface area (Å²) in [6, 6.07) is 20.8. The molecule has 3 rings (SSSR count). The molecule has 1 aliphatic heterocycles. The van der Waals surface area contributed by atoms with E-state index in [9.17, 15) is 4.79 Å². The maximum absolute atomic E-state index is 11.9. The molecular formula is C18H18O2Se. The van der Waals surface area contributed by atoms with Crippen LogP contribution in [0.4, 0.5) is 0 Å². The van der Waals surface area contributed by atoms with Gasteiger partial charge in [0.1, 0.15) is 0 Å². The predicted octanol–water partition coefficient (Wildman–Crippen LogP) is 2.92. The molecule has 2 nitrogen and oxygen atoms in total. The second-order valence-corrected chi connectivity index (χ2v) is 7.58. The zero-order valence-electron chi connectivity index (χ0n) is 11.8. The third-order valence-corrected chi connectivity index (χ3v) is 6.11. The predicted molar refractivity (Wildman–Crippen MR) is 84.9 cm³/mol. The van der Waals surface area contributed by atoms with E-state index in [2.05, 4.69) is 36.4 Å². The molecule has 2 aromatic rings. The van der Waals surface area contributed by atoms with Gasteiger partial charge in [-0.3, -0.25) is 0 Å². The van der Waals surface area contributed by atoms with Gasteiger partial charge >= 0.3 is 131 Å². The summed E-state index contributed by atoms with van der Waals surface area (Å²) in [5, 5.41) is 0.964. The molecule has 0 radical (unpaired) electrons. The third-order valence-electron chi connectivity index (χ3n) is 3.71. The molecule has 3 heteroatoms. The number of carbonyl (C=O) groups excluding carboxylic acids is 1. The minimum atomic E-state index is -0.0519. The fraction of sp³-hybridized carbons (Fsp3) is 0.278. The van der Waals surface area contributed by atoms with E-state index >= 15 is 0 Å². The summed E-state index contributed by atoms with van der Waals surface area (Å²) < 4.78 is 6.90. The zero-order valence-corrected chi connectivity index (χ0v) is 13.5. The first-order valence-corrected chi connectivity index (χ1v) is 9.30. The molecule has 21 heavy (non-hydrogen) atoms. The Morgan fingerprint density at radius 2 is 1.67 bits per heavy atom. The van der Waals surface area contributed by atoms with E-state index in [1.54, 1.807) is 0 Å². The Labute approximate surface area is 131 Å². The van der Waals surface area contributed by atoms with Crippen molar-refractivity contribution in [3.05, 3.63) is 66.2 Å². The standard InChI is InChI=1S/C18H18O2Se/c19-18-12-15(14-7-3-1-4-8-14)11-16(20-18)13-21-17-9-5-2-6-10-17/h1-10,15-16H,11-13H2/t15-,16+/m1/s1. The van der Waals surface area contributed by atoms with Gasteiger partial charge in [-0.1, -0.05) is 0 Å². The van der Waals surface area contributed by atoms with Gasteiger partial charge in [0.05, 0.1) is 0 Å². The van der Waals surface area contributed by atoms with Crippen LogP contribution in [0.2, 0.25) is 5.32 Å². The van der Waals surface area contributed by atoms with E-state index < -0.39 is 0 Å². The molecule has 1 aliphatic rings. The number of cyclic esters (lactones) is 1. The van der Waals surface area contributed by atoms with Crippen LogP contribution in [0.3, 0.4) is 0 Å². The van der Waals surface area contributed by atoms with Crippen molar-refractivity contribution in [1.29, 1.82) is 0 Å². The second-order valence-electron chi connectivity index (χ2n) is 5.28. The molecule has 0 N–H and O–H groups in total. The normalized spacial score (nSPS) is 21.8. The number of rotatable bonds is 4. The Balaban J connectivity index is 1.62. The fourth-order valence-electron chi connectivity index (χ4n) is 2.67. The van der Waals surface area contributed by atoms with Crippen molar-refractivity contribution in [2.45, 2.75) is 30.2 Å². The van der Waals surface area contributed by atoms with Crippen LogP contribution in [0.15, 0.2) is 60.7 Å². The van der Waals surface area contributed by atoms with Crippen LogP contribution >= 0.6 is 0 Å². The number of hydrogen-bond acceptors (Lipinski definition) is 2. The summed E-state index contributed by atoms with van der Waals surface area (Å²) in [5.41, 5.74) is 1.26. The molecule has 2 aromatic carbocycles. The number of ether oxygens (including phenoxy) is 1. The quantitative estimate of drug-likeness (QED) is 0.629. The van der Waals surface area contributed by atoms with Crippen LogP contribution in [0.1, 0.15) is 24.3 Å². The topological polar surface area (TPSA) is 26.3 Å². The Hall–Kier alpha value is -1.57. The SMILES string of the molecule is O=C1C[C@H](c2ccccc2)C[C@@H](C[Se]c2ccccc2)O1. The molecule has 108 valence electrons. The summed E-state index contributed by atoms with van der Waals surface area (Å²) in [6.45, 7) is 0. The molecule has 1 fully saturated rings. The van der Waals surface area contributed by atoms with Crippen LogP contribution < -0.4 is 4.46 Å². The van der Waals surface area contributed by atoms with Gasteiger partial charge < -0.3 is 0 Å². The molecule has 0 aromatic heterocycles. The van der Waals surface area contributed by atoms with Crippen LogP contribution in [0, 0.1) is 0 Å². The summed E-state index contributed by atoms with van der Waals surface area (Å²) in [5.74, 6) is 0.257. The van der Waals surface area contributed by atoms with Gasteiger partial charge in [0.15, 0.2) is 0 Å². The van der Waals surface area contributed by atoms with Crippen LogP contribution in [-0.2, 0) is 9.53 Å². The van der Waals surface area contributed by atoms with Gasteiger partial charge in [-0.15, -0.1) is 0 Å². The zero-order chi connectivity index (χ0) is 14.5. The Morgan fingerprint density at radius 1 is 1.00 bits per heavy atom. The van der Waals surface area contributed by atoms with Crippen LogP contribution in [0.5, 0.6) is 0 Å². The molecule has 0 amide bonds. The molecule has 1 saturated heterocycles. The second kappa shape index (κ2) is 6.93. The van der Waals surface area contributed by atoms with E-state index in [-0.39, 0.29) is 12.1 Å². The van der Waals surface area contributed by atoms with E-state index in [0.717, 1.165) is 11.7 Å². The van der Waals surface area contributed by atoms with Crippen molar-refractivity contribution in [1.82, 2.24) is 0 Å². The van der Waals surface area contributed by atoms with Crippen molar-refractivity contribution >= 4 is 25.4 Å². The van der Waals surface area contributed by atoms with Crippen molar-refractivity contribution in [2.75, 3.05) is 0 Å². The average molecular weight is 345 g/mol.